The largest absolute Gasteiger partial charge is 0.365 e. The summed E-state index contributed by atoms with van der Waals surface area (Å²) in [5.74, 6) is 0.906. The summed E-state index contributed by atoms with van der Waals surface area (Å²) in [4.78, 5) is 8.73. The highest BCUT2D eigenvalue weighted by atomic mass is 15.1. The molecule has 0 bridgehead atoms. The van der Waals surface area contributed by atoms with Crippen LogP contribution < -0.4 is 5.32 Å². The maximum absolute atomic E-state index is 4.44. The summed E-state index contributed by atoms with van der Waals surface area (Å²) in [6, 6.07) is 0.568. The molecule has 2 rings (SSSR count). The molecule has 0 aliphatic heterocycles. The SMILES string of the molecule is Cc1ncc(NC2CC2(C)C)nc1C. The molecule has 76 valence electrons. The predicted octanol–water partition coefficient (Wildman–Crippen LogP) is 2.30. The molecule has 3 nitrogen and oxygen atoms in total. The van der Waals surface area contributed by atoms with Crippen molar-refractivity contribution in [2.45, 2.75) is 40.2 Å². The lowest BCUT2D eigenvalue weighted by molar-refractivity contribution is 0.629. The van der Waals surface area contributed by atoms with Crippen molar-refractivity contribution < 1.29 is 0 Å². The molecule has 1 saturated carbocycles. The van der Waals surface area contributed by atoms with Crippen LogP contribution in [0.3, 0.4) is 0 Å². The lowest BCUT2D eigenvalue weighted by Crippen LogP contribution is -2.10. The van der Waals surface area contributed by atoms with Crippen LogP contribution in [0.25, 0.3) is 0 Å². The van der Waals surface area contributed by atoms with Crippen molar-refractivity contribution in [3.63, 3.8) is 0 Å². The highest BCUT2D eigenvalue weighted by molar-refractivity contribution is 5.37. The van der Waals surface area contributed by atoms with Crippen LogP contribution in [0.5, 0.6) is 0 Å². The number of nitrogens with zero attached hydrogens (tertiary/aromatic N) is 2. The highest BCUT2D eigenvalue weighted by Gasteiger charge is 2.45. The number of aromatic nitrogens is 2. The van der Waals surface area contributed by atoms with E-state index in [-0.39, 0.29) is 0 Å². The summed E-state index contributed by atoms with van der Waals surface area (Å²) in [7, 11) is 0. The lowest BCUT2D eigenvalue weighted by atomic mass is 10.2. The number of hydrogen-bond acceptors (Lipinski definition) is 3. The Labute approximate surface area is 85.0 Å². The maximum atomic E-state index is 4.44. The molecule has 1 atom stereocenters. The number of aryl methyl sites for hydroxylation is 2. The summed E-state index contributed by atoms with van der Waals surface area (Å²) < 4.78 is 0. The molecule has 1 aliphatic carbocycles. The molecule has 1 aliphatic rings. The van der Waals surface area contributed by atoms with Crippen molar-refractivity contribution in [3.8, 4) is 0 Å². The Balaban J connectivity index is 2.08. The molecule has 14 heavy (non-hydrogen) atoms. The minimum atomic E-state index is 0.431. The van der Waals surface area contributed by atoms with Gasteiger partial charge >= 0.3 is 0 Å². The topological polar surface area (TPSA) is 37.8 Å². The fraction of sp³-hybridized carbons (Fsp3) is 0.636. The van der Waals surface area contributed by atoms with E-state index in [2.05, 4.69) is 29.1 Å². The van der Waals surface area contributed by atoms with E-state index in [4.69, 9.17) is 0 Å². The Morgan fingerprint density at radius 2 is 2.00 bits per heavy atom. The van der Waals surface area contributed by atoms with Gasteiger partial charge in [0, 0.05) is 6.04 Å². The van der Waals surface area contributed by atoms with Gasteiger partial charge in [0.2, 0.25) is 0 Å². The normalized spacial score (nSPS) is 23.3. The zero-order chi connectivity index (χ0) is 10.3. The summed E-state index contributed by atoms with van der Waals surface area (Å²) in [6.45, 7) is 8.50. The van der Waals surface area contributed by atoms with Crippen molar-refractivity contribution in [2.24, 2.45) is 5.41 Å². The second kappa shape index (κ2) is 2.94. The average molecular weight is 191 g/mol. The van der Waals surface area contributed by atoms with Crippen molar-refractivity contribution in [1.82, 2.24) is 9.97 Å². The Bertz CT molecular complexity index is 358. The van der Waals surface area contributed by atoms with E-state index in [1.54, 1.807) is 0 Å². The van der Waals surface area contributed by atoms with E-state index < -0.39 is 0 Å². The summed E-state index contributed by atoms with van der Waals surface area (Å²) in [5.41, 5.74) is 2.44. The van der Waals surface area contributed by atoms with Crippen LogP contribution in [0.4, 0.5) is 5.82 Å². The van der Waals surface area contributed by atoms with Crippen LogP contribution in [0, 0.1) is 19.3 Å². The van der Waals surface area contributed by atoms with E-state index in [1.807, 2.05) is 20.0 Å². The van der Waals surface area contributed by atoms with E-state index in [0.29, 0.717) is 11.5 Å². The molecule has 1 fully saturated rings. The van der Waals surface area contributed by atoms with Gasteiger partial charge in [-0.1, -0.05) is 13.8 Å². The molecule has 0 spiro atoms. The van der Waals surface area contributed by atoms with Crippen LogP contribution in [0.1, 0.15) is 31.7 Å². The molecule has 1 aromatic rings. The first-order valence-corrected chi connectivity index (χ1v) is 5.06. The Kier molecular flexibility index (Phi) is 1.98. The predicted molar refractivity (Wildman–Crippen MR) is 57.3 cm³/mol. The Morgan fingerprint density at radius 3 is 2.50 bits per heavy atom. The summed E-state index contributed by atoms with van der Waals surface area (Å²) in [5, 5.41) is 3.40. The van der Waals surface area contributed by atoms with Gasteiger partial charge in [-0.25, -0.2) is 4.98 Å². The molecule has 1 unspecified atom stereocenters. The third-order valence-electron chi connectivity index (χ3n) is 3.03. The van der Waals surface area contributed by atoms with Crippen molar-refractivity contribution in [2.75, 3.05) is 5.32 Å². The minimum absolute atomic E-state index is 0.431. The summed E-state index contributed by atoms with van der Waals surface area (Å²) >= 11 is 0. The van der Waals surface area contributed by atoms with Crippen molar-refractivity contribution >= 4 is 5.82 Å². The zero-order valence-corrected chi connectivity index (χ0v) is 9.26. The average Bonchev–Trinajstić information content (AvgIpc) is 2.67. The monoisotopic (exact) mass is 191 g/mol. The second-order valence-electron chi connectivity index (χ2n) is 4.82. The van der Waals surface area contributed by atoms with E-state index in [9.17, 15) is 0 Å². The van der Waals surface area contributed by atoms with Crippen LogP contribution in [0.2, 0.25) is 0 Å². The smallest absolute Gasteiger partial charge is 0.145 e. The van der Waals surface area contributed by atoms with Gasteiger partial charge in [-0.2, -0.15) is 0 Å². The molecule has 1 aromatic heterocycles. The molecule has 0 amide bonds. The second-order valence-corrected chi connectivity index (χ2v) is 4.82. The Hall–Kier alpha value is -1.12. The number of nitrogens with one attached hydrogen (secondary N) is 1. The van der Waals surface area contributed by atoms with Gasteiger partial charge in [0.1, 0.15) is 5.82 Å². The van der Waals surface area contributed by atoms with Crippen molar-refractivity contribution in [1.29, 1.82) is 0 Å². The van der Waals surface area contributed by atoms with Crippen LogP contribution in [0.15, 0.2) is 6.20 Å². The van der Waals surface area contributed by atoms with Gasteiger partial charge in [0.05, 0.1) is 17.6 Å². The molecule has 1 N–H and O–H groups in total. The number of anilines is 1. The fourth-order valence-corrected chi connectivity index (χ4v) is 1.50. The molecular formula is C11H17N3. The van der Waals surface area contributed by atoms with Gasteiger partial charge in [-0.15, -0.1) is 0 Å². The molecule has 0 aromatic carbocycles. The van der Waals surface area contributed by atoms with Gasteiger partial charge in [-0.05, 0) is 25.7 Å². The van der Waals surface area contributed by atoms with Gasteiger partial charge in [0.15, 0.2) is 0 Å². The third kappa shape index (κ3) is 1.72. The molecule has 0 saturated heterocycles. The standard InChI is InChI=1S/C11H17N3/c1-7-8(2)13-10(6-12-7)14-9-5-11(9,3)4/h6,9H,5H2,1-4H3,(H,13,14). The lowest BCUT2D eigenvalue weighted by Gasteiger charge is -2.08. The first kappa shape index (κ1) is 9.44. The Morgan fingerprint density at radius 1 is 1.36 bits per heavy atom. The van der Waals surface area contributed by atoms with E-state index in [0.717, 1.165) is 17.2 Å². The molecule has 3 heteroatoms. The van der Waals surface area contributed by atoms with E-state index in [1.165, 1.54) is 6.42 Å². The zero-order valence-electron chi connectivity index (χ0n) is 9.26. The fourth-order valence-electron chi connectivity index (χ4n) is 1.50. The van der Waals surface area contributed by atoms with Crippen LogP contribution in [-0.4, -0.2) is 16.0 Å². The first-order chi connectivity index (χ1) is 6.49. The van der Waals surface area contributed by atoms with Crippen LogP contribution >= 0.6 is 0 Å². The van der Waals surface area contributed by atoms with E-state index >= 15 is 0 Å². The minimum Gasteiger partial charge on any atom is -0.365 e. The molecule has 0 radical (unpaired) electrons. The van der Waals surface area contributed by atoms with Gasteiger partial charge in [0.25, 0.3) is 0 Å². The molecule has 1 heterocycles. The first-order valence-electron chi connectivity index (χ1n) is 5.06. The molecular weight excluding hydrogens is 174 g/mol. The quantitative estimate of drug-likeness (QED) is 0.779. The third-order valence-corrected chi connectivity index (χ3v) is 3.03. The maximum Gasteiger partial charge on any atom is 0.145 e. The highest BCUT2D eigenvalue weighted by Crippen LogP contribution is 2.46. The van der Waals surface area contributed by atoms with Crippen LogP contribution in [-0.2, 0) is 0 Å². The summed E-state index contributed by atoms with van der Waals surface area (Å²) in [6.07, 6.45) is 3.04. The van der Waals surface area contributed by atoms with Gasteiger partial charge < -0.3 is 5.32 Å². The van der Waals surface area contributed by atoms with Gasteiger partial charge in [-0.3, -0.25) is 4.98 Å². The van der Waals surface area contributed by atoms with Crippen molar-refractivity contribution in [3.05, 3.63) is 17.6 Å². The number of rotatable bonds is 2. The number of hydrogen-bond donors (Lipinski definition) is 1.